The van der Waals surface area contributed by atoms with E-state index in [0.717, 1.165) is 49.7 Å². The highest BCUT2D eigenvalue weighted by Crippen LogP contribution is 2.34. The zero-order chi connectivity index (χ0) is 18.4. The Bertz CT molecular complexity index is 608. The van der Waals surface area contributed by atoms with E-state index in [1.807, 2.05) is 13.1 Å². The highest BCUT2D eigenvalue weighted by Gasteiger charge is 2.33. The molecule has 0 heterocycles. The predicted molar refractivity (Wildman–Crippen MR) is 108 cm³/mol. The van der Waals surface area contributed by atoms with Crippen molar-refractivity contribution in [3.63, 3.8) is 0 Å². The largest absolute Gasteiger partial charge is 0.496 e. The van der Waals surface area contributed by atoms with Crippen LogP contribution in [0.15, 0.2) is 23.2 Å². The van der Waals surface area contributed by atoms with Gasteiger partial charge in [0.1, 0.15) is 5.75 Å². The third-order valence-electron chi connectivity index (χ3n) is 5.29. The number of guanidine groups is 1. The maximum Gasteiger partial charge on any atom is 0.191 e. The van der Waals surface area contributed by atoms with Crippen LogP contribution in [-0.2, 0) is 6.42 Å². The number of hydrogen-bond donors (Lipinski definition) is 2. The number of aryl methyl sites for hydroxylation is 1. The fourth-order valence-corrected chi connectivity index (χ4v) is 3.45. The summed E-state index contributed by atoms with van der Waals surface area (Å²) in [5.41, 5.74) is 2.50. The molecule has 5 nitrogen and oxygen atoms in total. The van der Waals surface area contributed by atoms with Gasteiger partial charge >= 0.3 is 0 Å². The number of rotatable bonds is 10. The van der Waals surface area contributed by atoms with Crippen molar-refractivity contribution in [3.05, 3.63) is 29.3 Å². The Morgan fingerprint density at radius 1 is 1.19 bits per heavy atom. The van der Waals surface area contributed by atoms with Crippen LogP contribution in [0.3, 0.4) is 0 Å². The van der Waals surface area contributed by atoms with Crippen molar-refractivity contribution in [2.75, 3.05) is 40.3 Å². The summed E-state index contributed by atoms with van der Waals surface area (Å²) in [7, 11) is 3.57. The first-order chi connectivity index (χ1) is 12.7. The maximum absolute atomic E-state index is 5.46. The Morgan fingerprint density at radius 2 is 1.96 bits per heavy atom. The fraction of sp³-hybridized carbons (Fsp3) is 0.667. The van der Waals surface area contributed by atoms with Gasteiger partial charge in [0.2, 0.25) is 0 Å². The molecule has 2 aliphatic carbocycles. The van der Waals surface area contributed by atoms with Crippen molar-refractivity contribution in [2.24, 2.45) is 10.9 Å². The van der Waals surface area contributed by atoms with E-state index in [9.17, 15) is 0 Å². The Balaban J connectivity index is 1.38. The number of nitrogens with one attached hydrogen (secondary N) is 2. The van der Waals surface area contributed by atoms with E-state index in [1.54, 1.807) is 7.11 Å². The molecule has 0 bridgehead atoms. The second-order valence-corrected chi connectivity index (χ2v) is 7.66. The molecule has 2 aliphatic rings. The van der Waals surface area contributed by atoms with Crippen LogP contribution in [0.5, 0.6) is 5.75 Å². The van der Waals surface area contributed by atoms with Gasteiger partial charge in [-0.15, -0.1) is 0 Å². The monoisotopic (exact) mass is 358 g/mol. The topological polar surface area (TPSA) is 48.9 Å². The molecule has 2 N–H and O–H groups in total. The summed E-state index contributed by atoms with van der Waals surface area (Å²) in [5.74, 6) is 2.82. The quantitative estimate of drug-likeness (QED) is 0.499. The van der Waals surface area contributed by atoms with Crippen LogP contribution in [0.2, 0.25) is 0 Å². The molecule has 0 aliphatic heterocycles. The van der Waals surface area contributed by atoms with Gasteiger partial charge in [0.15, 0.2) is 5.96 Å². The van der Waals surface area contributed by atoms with Gasteiger partial charge < -0.3 is 15.4 Å². The van der Waals surface area contributed by atoms with Gasteiger partial charge in [0, 0.05) is 39.3 Å². The van der Waals surface area contributed by atoms with E-state index in [4.69, 9.17) is 4.74 Å². The molecule has 2 fully saturated rings. The normalized spacial score (nSPS) is 17.5. The molecule has 1 aromatic rings. The van der Waals surface area contributed by atoms with Gasteiger partial charge in [-0.2, -0.15) is 0 Å². The smallest absolute Gasteiger partial charge is 0.191 e. The minimum atomic E-state index is 0.841. The lowest BCUT2D eigenvalue weighted by Crippen LogP contribution is -2.43. The number of nitrogens with zero attached hydrogens (tertiary/aromatic N) is 2. The van der Waals surface area contributed by atoms with Crippen molar-refractivity contribution in [1.82, 2.24) is 15.5 Å². The molecule has 0 saturated heterocycles. The van der Waals surface area contributed by atoms with Gasteiger partial charge in [-0.1, -0.05) is 17.7 Å². The van der Waals surface area contributed by atoms with Crippen LogP contribution < -0.4 is 15.4 Å². The van der Waals surface area contributed by atoms with E-state index in [0.29, 0.717) is 0 Å². The molecule has 5 heteroatoms. The highest BCUT2D eigenvalue weighted by atomic mass is 16.5. The first kappa shape index (κ1) is 19.0. The molecule has 1 aromatic carbocycles. The van der Waals surface area contributed by atoms with E-state index >= 15 is 0 Å². The van der Waals surface area contributed by atoms with Gasteiger partial charge in [0.05, 0.1) is 7.11 Å². The highest BCUT2D eigenvalue weighted by molar-refractivity contribution is 5.79. The first-order valence-electron chi connectivity index (χ1n) is 10.0. The van der Waals surface area contributed by atoms with Crippen molar-refractivity contribution < 1.29 is 4.74 Å². The van der Waals surface area contributed by atoms with Crippen molar-refractivity contribution >= 4 is 5.96 Å². The van der Waals surface area contributed by atoms with E-state index in [2.05, 4.69) is 39.6 Å². The molecule has 3 rings (SSSR count). The molecule has 26 heavy (non-hydrogen) atoms. The van der Waals surface area contributed by atoms with E-state index in [1.165, 1.54) is 43.4 Å². The molecule has 2 saturated carbocycles. The molecule has 0 atom stereocenters. The lowest BCUT2D eigenvalue weighted by Gasteiger charge is -2.22. The van der Waals surface area contributed by atoms with Crippen LogP contribution in [0.25, 0.3) is 0 Å². The third kappa shape index (κ3) is 5.90. The molecule has 0 amide bonds. The minimum Gasteiger partial charge on any atom is -0.496 e. The van der Waals surface area contributed by atoms with Gasteiger partial charge in [0.25, 0.3) is 0 Å². The summed E-state index contributed by atoms with van der Waals surface area (Å²) in [5, 5.41) is 6.89. The Hall–Kier alpha value is -1.75. The summed E-state index contributed by atoms with van der Waals surface area (Å²) in [6.07, 6.45) is 6.56. The van der Waals surface area contributed by atoms with Crippen LogP contribution >= 0.6 is 0 Å². The molecule has 0 spiro atoms. The first-order valence-corrected chi connectivity index (χ1v) is 10.0. The van der Waals surface area contributed by atoms with Gasteiger partial charge in [-0.25, -0.2) is 0 Å². The lowest BCUT2D eigenvalue weighted by molar-refractivity contribution is 0.256. The molecule has 0 radical (unpaired) electrons. The third-order valence-corrected chi connectivity index (χ3v) is 5.29. The summed E-state index contributed by atoms with van der Waals surface area (Å²) < 4.78 is 5.46. The van der Waals surface area contributed by atoms with Gasteiger partial charge in [-0.3, -0.25) is 9.89 Å². The molecule has 0 unspecified atom stereocenters. The number of benzene rings is 1. The second kappa shape index (κ2) is 9.26. The SMILES string of the molecule is CN=C(NCCc1cc(C)ccc1OC)NCCN(CC1CC1)C1CC1. The fourth-order valence-electron chi connectivity index (χ4n) is 3.45. The average Bonchev–Trinajstić information content (AvgIpc) is 3.53. The number of ether oxygens (including phenoxy) is 1. The van der Waals surface area contributed by atoms with Crippen molar-refractivity contribution in [2.45, 2.75) is 45.1 Å². The number of hydrogen-bond acceptors (Lipinski definition) is 3. The zero-order valence-electron chi connectivity index (χ0n) is 16.6. The van der Waals surface area contributed by atoms with Crippen LogP contribution in [0.4, 0.5) is 0 Å². The van der Waals surface area contributed by atoms with Gasteiger partial charge in [-0.05, 0) is 56.6 Å². The number of methoxy groups -OCH3 is 1. The molecule has 0 aromatic heterocycles. The zero-order valence-corrected chi connectivity index (χ0v) is 16.6. The summed E-state index contributed by atoms with van der Waals surface area (Å²) >= 11 is 0. The Kier molecular flexibility index (Phi) is 6.78. The van der Waals surface area contributed by atoms with Crippen LogP contribution in [0, 0.1) is 12.8 Å². The predicted octanol–water partition coefficient (Wildman–Crippen LogP) is 2.59. The summed E-state index contributed by atoms with van der Waals surface area (Å²) in [4.78, 5) is 7.03. The summed E-state index contributed by atoms with van der Waals surface area (Å²) in [6, 6.07) is 7.18. The van der Waals surface area contributed by atoms with E-state index < -0.39 is 0 Å². The molecular formula is C21H34N4O. The van der Waals surface area contributed by atoms with E-state index in [-0.39, 0.29) is 0 Å². The Labute approximate surface area is 158 Å². The molecule has 144 valence electrons. The Morgan fingerprint density at radius 3 is 2.62 bits per heavy atom. The lowest BCUT2D eigenvalue weighted by atomic mass is 10.1. The maximum atomic E-state index is 5.46. The minimum absolute atomic E-state index is 0.841. The number of aliphatic imine (C=N–C) groups is 1. The average molecular weight is 359 g/mol. The standard InChI is InChI=1S/C21H34N4O/c1-16-4-9-20(26-3)18(14-16)10-11-23-21(22-2)24-12-13-25(19-7-8-19)15-17-5-6-17/h4,9,14,17,19H,5-8,10-13,15H2,1-3H3,(H2,22,23,24). The van der Waals surface area contributed by atoms with Crippen LogP contribution in [0.1, 0.15) is 36.8 Å². The summed E-state index contributed by atoms with van der Waals surface area (Å²) in [6.45, 7) is 6.33. The van der Waals surface area contributed by atoms with Crippen LogP contribution in [-0.4, -0.2) is 57.2 Å². The van der Waals surface area contributed by atoms with Crippen molar-refractivity contribution in [3.8, 4) is 5.75 Å². The van der Waals surface area contributed by atoms with Crippen molar-refractivity contribution in [1.29, 1.82) is 0 Å². The second-order valence-electron chi connectivity index (χ2n) is 7.66. The molecular weight excluding hydrogens is 324 g/mol.